The van der Waals surface area contributed by atoms with E-state index in [-0.39, 0.29) is 12.4 Å². The molecule has 0 saturated carbocycles. The summed E-state index contributed by atoms with van der Waals surface area (Å²) in [6, 6.07) is 6.96. The smallest absolute Gasteiger partial charge is 0.00323 e. The van der Waals surface area contributed by atoms with Crippen LogP contribution in [0.5, 0.6) is 0 Å². The number of nitrogens with one attached hydrogen (secondary N) is 1. The van der Waals surface area contributed by atoms with Gasteiger partial charge in [-0.25, -0.2) is 0 Å². The SMILES string of the molecule is CC(C)c1cccc2c1CC[C@@]1(C)CNC[C@H]21.Cl. The molecule has 0 amide bonds. The highest BCUT2D eigenvalue weighted by Gasteiger charge is 2.43. The van der Waals surface area contributed by atoms with Gasteiger partial charge in [0.25, 0.3) is 0 Å². The molecule has 2 atom stereocenters. The van der Waals surface area contributed by atoms with Gasteiger partial charge in [-0.15, -0.1) is 12.4 Å². The van der Waals surface area contributed by atoms with Crippen LogP contribution in [0, 0.1) is 5.41 Å². The maximum atomic E-state index is 3.59. The van der Waals surface area contributed by atoms with Gasteiger partial charge in [-0.1, -0.05) is 39.0 Å². The fraction of sp³-hybridized carbons (Fsp3) is 0.625. The fourth-order valence-electron chi connectivity index (χ4n) is 3.81. The molecule has 1 saturated heterocycles. The molecule has 1 nitrogen and oxygen atoms in total. The Morgan fingerprint density at radius 2 is 2.11 bits per heavy atom. The van der Waals surface area contributed by atoms with Crippen LogP contribution in [0.2, 0.25) is 0 Å². The predicted octanol–water partition coefficient (Wildman–Crippen LogP) is 3.87. The minimum atomic E-state index is 0. The molecule has 1 aromatic rings. The lowest BCUT2D eigenvalue weighted by Crippen LogP contribution is -2.30. The Bertz CT molecular complexity index is 441. The molecule has 1 aliphatic carbocycles. The number of benzene rings is 1. The Labute approximate surface area is 117 Å². The lowest BCUT2D eigenvalue weighted by molar-refractivity contribution is 0.276. The molecule has 1 fully saturated rings. The van der Waals surface area contributed by atoms with Gasteiger partial charge in [0.1, 0.15) is 0 Å². The topological polar surface area (TPSA) is 12.0 Å². The van der Waals surface area contributed by atoms with Crippen molar-refractivity contribution >= 4 is 12.4 Å². The van der Waals surface area contributed by atoms with Crippen LogP contribution in [0.25, 0.3) is 0 Å². The summed E-state index contributed by atoms with van der Waals surface area (Å²) in [5.41, 5.74) is 5.38. The number of hydrogen-bond donors (Lipinski definition) is 1. The second kappa shape index (κ2) is 4.86. The van der Waals surface area contributed by atoms with Crippen molar-refractivity contribution in [1.29, 1.82) is 0 Å². The molecule has 2 heteroatoms. The van der Waals surface area contributed by atoms with Crippen LogP contribution < -0.4 is 5.32 Å². The lowest BCUT2D eigenvalue weighted by Gasteiger charge is -2.38. The molecule has 3 rings (SSSR count). The molecule has 100 valence electrons. The second-order valence-corrected chi connectivity index (χ2v) is 6.41. The monoisotopic (exact) mass is 265 g/mol. The van der Waals surface area contributed by atoms with E-state index >= 15 is 0 Å². The third kappa shape index (κ3) is 1.98. The van der Waals surface area contributed by atoms with Crippen LogP contribution in [-0.2, 0) is 6.42 Å². The Morgan fingerprint density at radius 3 is 2.83 bits per heavy atom. The quantitative estimate of drug-likeness (QED) is 0.813. The van der Waals surface area contributed by atoms with Crippen LogP contribution in [-0.4, -0.2) is 13.1 Å². The first kappa shape index (κ1) is 13.9. The van der Waals surface area contributed by atoms with Gasteiger partial charge in [0.15, 0.2) is 0 Å². The minimum absolute atomic E-state index is 0. The molecule has 18 heavy (non-hydrogen) atoms. The molecule has 1 aromatic carbocycles. The van der Waals surface area contributed by atoms with Gasteiger partial charge < -0.3 is 5.32 Å². The standard InChI is InChI=1S/C16H23N.ClH/c1-11(2)12-5-4-6-14-13(12)7-8-16(3)10-17-9-15(14)16;/h4-6,11,15,17H,7-10H2,1-3H3;1H/t15-,16+;/m1./s1. The van der Waals surface area contributed by atoms with E-state index in [2.05, 4.69) is 44.3 Å². The largest absolute Gasteiger partial charge is 0.316 e. The van der Waals surface area contributed by atoms with Crippen molar-refractivity contribution in [3.05, 3.63) is 34.9 Å². The van der Waals surface area contributed by atoms with Crippen LogP contribution in [0.3, 0.4) is 0 Å². The summed E-state index contributed by atoms with van der Waals surface area (Å²) < 4.78 is 0. The summed E-state index contributed by atoms with van der Waals surface area (Å²) in [5, 5.41) is 3.59. The fourth-order valence-corrected chi connectivity index (χ4v) is 3.81. The molecule has 0 aromatic heterocycles. The zero-order chi connectivity index (χ0) is 12.0. The Kier molecular flexibility index (Phi) is 3.75. The van der Waals surface area contributed by atoms with Crippen molar-refractivity contribution < 1.29 is 0 Å². The highest BCUT2D eigenvalue weighted by Crippen LogP contribution is 2.48. The Balaban J connectivity index is 0.00000120. The molecule has 0 radical (unpaired) electrons. The van der Waals surface area contributed by atoms with E-state index < -0.39 is 0 Å². The molecule has 2 aliphatic rings. The third-order valence-corrected chi connectivity index (χ3v) is 4.91. The van der Waals surface area contributed by atoms with E-state index in [0.717, 1.165) is 5.92 Å². The number of halogens is 1. The van der Waals surface area contributed by atoms with Crippen molar-refractivity contribution in [3.8, 4) is 0 Å². The van der Waals surface area contributed by atoms with Gasteiger partial charge in [-0.2, -0.15) is 0 Å². The van der Waals surface area contributed by atoms with E-state index in [9.17, 15) is 0 Å². The third-order valence-electron chi connectivity index (χ3n) is 4.91. The average Bonchev–Trinajstić information content (AvgIpc) is 2.70. The Hall–Kier alpha value is -0.530. The van der Waals surface area contributed by atoms with E-state index in [1.807, 2.05) is 0 Å². The highest BCUT2D eigenvalue weighted by atomic mass is 35.5. The second-order valence-electron chi connectivity index (χ2n) is 6.41. The van der Waals surface area contributed by atoms with Gasteiger partial charge >= 0.3 is 0 Å². The summed E-state index contributed by atoms with van der Waals surface area (Å²) in [6.07, 6.45) is 2.62. The molecule has 0 spiro atoms. The maximum absolute atomic E-state index is 3.59. The Morgan fingerprint density at radius 1 is 1.33 bits per heavy atom. The van der Waals surface area contributed by atoms with E-state index in [4.69, 9.17) is 0 Å². The summed E-state index contributed by atoms with van der Waals surface area (Å²) in [4.78, 5) is 0. The van der Waals surface area contributed by atoms with Crippen molar-refractivity contribution in [1.82, 2.24) is 5.32 Å². The van der Waals surface area contributed by atoms with Crippen LogP contribution >= 0.6 is 12.4 Å². The summed E-state index contributed by atoms with van der Waals surface area (Å²) in [7, 11) is 0. The van der Waals surface area contributed by atoms with Gasteiger partial charge in [0.2, 0.25) is 0 Å². The van der Waals surface area contributed by atoms with Crippen molar-refractivity contribution in [2.75, 3.05) is 13.1 Å². The molecular formula is C16H24ClN. The van der Waals surface area contributed by atoms with Crippen LogP contribution in [0.4, 0.5) is 0 Å². The molecule has 1 aliphatic heterocycles. The molecule has 1 heterocycles. The van der Waals surface area contributed by atoms with E-state index in [1.54, 1.807) is 16.7 Å². The van der Waals surface area contributed by atoms with Crippen molar-refractivity contribution in [2.24, 2.45) is 5.41 Å². The summed E-state index contributed by atoms with van der Waals surface area (Å²) in [6.45, 7) is 9.46. The number of hydrogen-bond acceptors (Lipinski definition) is 1. The molecular weight excluding hydrogens is 242 g/mol. The lowest BCUT2D eigenvalue weighted by atomic mass is 9.66. The zero-order valence-corrected chi connectivity index (χ0v) is 12.4. The molecule has 1 N–H and O–H groups in total. The van der Waals surface area contributed by atoms with Crippen LogP contribution in [0.1, 0.15) is 55.7 Å². The van der Waals surface area contributed by atoms with Crippen LogP contribution in [0.15, 0.2) is 18.2 Å². The van der Waals surface area contributed by atoms with Gasteiger partial charge in [0.05, 0.1) is 0 Å². The first-order valence-electron chi connectivity index (χ1n) is 6.94. The van der Waals surface area contributed by atoms with E-state index in [1.165, 1.54) is 25.9 Å². The predicted molar refractivity (Wildman–Crippen MR) is 79.8 cm³/mol. The zero-order valence-electron chi connectivity index (χ0n) is 11.6. The first-order chi connectivity index (χ1) is 8.12. The first-order valence-corrected chi connectivity index (χ1v) is 6.94. The molecule has 0 unspecified atom stereocenters. The summed E-state index contributed by atoms with van der Waals surface area (Å²) >= 11 is 0. The van der Waals surface area contributed by atoms with E-state index in [0.29, 0.717) is 11.3 Å². The van der Waals surface area contributed by atoms with Gasteiger partial charge in [0, 0.05) is 19.0 Å². The maximum Gasteiger partial charge on any atom is 0.00323 e. The number of rotatable bonds is 1. The van der Waals surface area contributed by atoms with Crippen molar-refractivity contribution in [2.45, 2.75) is 45.4 Å². The number of fused-ring (bicyclic) bond motifs is 3. The summed E-state index contributed by atoms with van der Waals surface area (Å²) in [5.74, 6) is 1.40. The van der Waals surface area contributed by atoms with Gasteiger partial charge in [-0.05, 0) is 40.9 Å². The molecule has 0 bridgehead atoms. The highest BCUT2D eigenvalue weighted by molar-refractivity contribution is 5.85. The van der Waals surface area contributed by atoms with Crippen molar-refractivity contribution in [3.63, 3.8) is 0 Å². The average molecular weight is 266 g/mol. The van der Waals surface area contributed by atoms with Gasteiger partial charge in [-0.3, -0.25) is 0 Å². The normalized spacial score (nSPS) is 29.7. The minimum Gasteiger partial charge on any atom is -0.316 e.